The highest BCUT2D eigenvalue weighted by Crippen LogP contribution is 2.29. The van der Waals surface area contributed by atoms with Gasteiger partial charge in [0, 0.05) is 31.7 Å². The van der Waals surface area contributed by atoms with Gasteiger partial charge in [-0.3, -0.25) is 4.90 Å². The molecule has 1 saturated carbocycles. The third-order valence-electron chi connectivity index (χ3n) is 3.43. The lowest BCUT2D eigenvalue weighted by molar-refractivity contribution is 0.317. The van der Waals surface area contributed by atoms with Crippen LogP contribution >= 0.6 is 0 Å². The molecule has 0 radical (unpaired) electrons. The van der Waals surface area contributed by atoms with Crippen LogP contribution in [-0.2, 0) is 10.0 Å². The Labute approximate surface area is 104 Å². The predicted octanol–water partition coefficient (Wildman–Crippen LogP) is -0.248. The summed E-state index contributed by atoms with van der Waals surface area (Å²) >= 11 is 0. The van der Waals surface area contributed by atoms with Crippen molar-refractivity contribution in [3.05, 3.63) is 0 Å². The topological polar surface area (TPSA) is 61.4 Å². The second-order valence-electron chi connectivity index (χ2n) is 5.19. The predicted molar refractivity (Wildman–Crippen MR) is 68.5 cm³/mol. The highest BCUT2D eigenvalue weighted by Gasteiger charge is 2.33. The summed E-state index contributed by atoms with van der Waals surface area (Å²) < 4.78 is 24.2. The fraction of sp³-hybridized carbons (Fsp3) is 1.00. The summed E-state index contributed by atoms with van der Waals surface area (Å²) in [5.41, 5.74) is 0. The van der Waals surface area contributed by atoms with Crippen LogP contribution in [0.3, 0.4) is 0 Å². The molecule has 0 bridgehead atoms. The molecule has 0 aromatic rings. The highest BCUT2D eigenvalue weighted by molar-refractivity contribution is 7.88. The first-order chi connectivity index (χ1) is 8.04. The molecule has 6 heteroatoms. The Bertz CT molecular complexity index is 341. The van der Waals surface area contributed by atoms with Gasteiger partial charge in [-0.25, -0.2) is 13.1 Å². The van der Waals surface area contributed by atoms with E-state index in [0.29, 0.717) is 12.6 Å². The van der Waals surface area contributed by atoms with Crippen molar-refractivity contribution in [2.75, 3.05) is 32.4 Å². The molecule has 17 heavy (non-hydrogen) atoms. The quantitative estimate of drug-likeness (QED) is 0.621. The van der Waals surface area contributed by atoms with Gasteiger partial charge in [0.05, 0.1) is 6.26 Å². The number of sulfonamides is 1. The van der Waals surface area contributed by atoms with Crippen LogP contribution in [0.1, 0.15) is 25.7 Å². The lowest BCUT2D eigenvalue weighted by Crippen LogP contribution is -2.35. The molecule has 2 rings (SSSR count). The zero-order chi connectivity index (χ0) is 12.3. The van der Waals surface area contributed by atoms with Crippen molar-refractivity contribution in [2.24, 2.45) is 0 Å². The van der Waals surface area contributed by atoms with Crippen LogP contribution in [0.4, 0.5) is 0 Å². The SMILES string of the molecule is CS(=O)(=O)NCCCNC1CCN(C2CC2)C1. The van der Waals surface area contributed by atoms with E-state index >= 15 is 0 Å². The van der Waals surface area contributed by atoms with Gasteiger partial charge >= 0.3 is 0 Å². The van der Waals surface area contributed by atoms with Gasteiger partial charge in [-0.15, -0.1) is 0 Å². The molecule has 100 valence electrons. The average molecular weight is 261 g/mol. The molecule has 2 aliphatic rings. The maximum atomic E-state index is 10.8. The van der Waals surface area contributed by atoms with Crippen molar-refractivity contribution >= 4 is 10.0 Å². The molecule has 0 aromatic heterocycles. The average Bonchev–Trinajstić information content (AvgIpc) is 2.97. The fourth-order valence-electron chi connectivity index (χ4n) is 2.38. The molecule has 0 aromatic carbocycles. The summed E-state index contributed by atoms with van der Waals surface area (Å²) in [6, 6.07) is 1.47. The molecule has 1 heterocycles. The van der Waals surface area contributed by atoms with Gasteiger partial charge < -0.3 is 5.32 Å². The molecule has 0 amide bonds. The summed E-state index contributed by atoms with van der Waals surface area (Å²) in [6.07, 6.45) is 6.05. The first kappa shape index (κ1) is 13.3. The molecule has 5 nitrogen and oxygen atoms in total. The van der Waals surface area contributed by atoms with Gasteiger partial charge in [0.2, 0.25) is 10.0 Å². The highest BCUT2D eigenvalue weighted by atomic mass is 32.2. The van der Waals surface area contributed by atoms with Crippen molar-refractivity contribution in [3.63, 3.8) is 0 Å². The van der Waals surface area contributed by atoms with E-state index in [1.165, 1.54) is 38.6 Å². The van der Waals surface area contributed by atoms with Gasteiger partial charge in [-0.05, 0) is 32.2 Å². The third-order valence-corrected chi connectivity index (χ3v) is 4.16. The molecule has 1 aliphatic heterocycles. The molecular weight excluding hydrogens is 238 g/mol. The zero-order valence-electron chi connectivity index (χ0n) is 10.5. The molecule has 1 aliphatic carbocycles. The van der Waals surface area contributed by atoms with Crippen molar-refractivity contribution in [1.29, 1.82) is 0 Å². The van der Waals surface area contributed by atoms with E-state index in [-0.39, 0.29) is 0 Å². The van der Waals surface area contributed by atoms with Gasteiger partial charge in [0.15, 0.2) is 0 Å². The Morgan fingerprint density at radius 3 is 2.65 bits per heavy atom. The molecule has 1 saturated heterocycles. The van der Waals surface area contributed by atoms with Crippen LogP contribution in [0.5, 0.6) is 0 Å². The number of rotatable bonds is 7. The van der Waals surface area contributed by atoms with E-state index in [0.717, 1.165) is 19.0 Å². The minimum atomic E-state index is -3.02. The van der Waals surface area contributed by atoms with E-state index in [9.17, 15) is 8.42 Å². The van der Waals surface area contributed by atoms with Crippen LogP contribution in [0.25, 0.3) is 0 Å². The number of nitrogens with zero attached hydrogens (tertiary/aromatic N) is 1. The zero-order valence-corrected chi connectivity index (χ0v) is 11.3. The molecule has 2 fully saturated rings. The Hall–Kier alpha value is -0.170. The molecule has 0 spiro atoms. The van der Waals surface area contributed by atoms with Crippen LogP contribution in [0, 0.1) is 0 Å². The molecular formula is C11H23N3O2S. The van der Waals surface area contributed by atoms with Gasteiger partial charge in [-0.1, -0.05) is 0 Å². The van der Waals surface area contributed by atoms with Gasteiger partial charge in [0.1, 0.15) is 0 Å². The Kier molecular flexibility index (Phi) is 4.41. The summed E-state index contributed by atoms with van der Waals surface area (Å²) in [5, 5.41) is 3.50. The lowest BCUT2D eigenvalue weighted by Gasteiger charge is -2.15. The van der Waals surface area contributed by atoms with E-state index in [1.54, 1.807) is 0 Å². The number of likely N-dealkylation sites (tertiary alicyclic amines) is 1. The number of hydrogen-bond acceptors (Lipinski definition) is 4. The van der Waals surface area contributed by atoms with Gasteiger partial charge in [-0.2, -0.15) is 0 Å². The minimum absolute atomic E-state index is 0.533. The minimum Gasteiger partial charge on any atom is -0.313 e. The largest absolute Gasteiger partial charge is 0.313 e. The molecule has 1 atom stereocenters. The van der Waals surface area contributed by atoms with Crippen LogP contribution in [-0.4, -0.2) is 57.8 Å². The van der Waals surface area contributed by atoms with Crippen molar-refractivity contribution < 1.29 is 8.42 Å². The van der Waals surface area contributed by atoms with E-state index in [1.807, 2.05) is 0 Å². The molecule has 2 N–H and O–H groups in total. The maximum Gasteiger partial charge on any atom is 0.208 e. The Morgan fingerprint density at radius 1 is 1.24 bits per heavy atom. The third kappa shape index (κ3) is 4.91. The second-order valence-corrected chi connectivity index (χ2v) is 7.02. The first-order valence-corrected chi connectivity index (χ1v) is 8.36. The van der Waals surface area contributed by atoms with E-state index in [2.05, 4.69) is 14.9 Å². The van der Waals surface area contributed by atoms with Gasteiger partial charge in [0.25, 0.3) is 0 Å². The standard InChI is InChI=1S/C11H23N3O2S/c1-17(15,16)13-7-2-6-12-10-5-8-14(9-10)11-3-4-11/h10-13H,2-9H2,1H3. The normalized spacial score (nSPS) is 26.5. The summed E-state index contributed by atoms with van der Waals surface area (Å²) in [7, 11) is -3.02. The second kappa shape index (κ2) is 5.65. The number of hydrogen-bond donors (Lipinski definition) is 2. The van der Waals surface area contributed by atoms with Crippen LogP contribution in [0.2, 0.25) is 0 Å². The fourth-order valence-corrected chi connectivity index (χ4v) is 2.89. The number of nitrogens with one attached hydrogen (secondary N) is 2. The monoisotopic (exact) mass is 261 g/mol. The molecule has 1 unspecified atom stereocenters. The smallest absolute Gasteiger partial charge is 0.208 e. The van der Waals surface area contributed by atoms with Crippen LogP contribution in [0.15, 0.2) is 0 Å². The lowest BCUT2D eigenvalue weighted by atomic mass is 10.2. The summed E-state index contributed by atoms with van der Waals surface area (Å²) in [5.74, 6) is 0. The first-order valence-electron chi connectivity index (χ1n) is 6.47. The van der Waals surface area contributed by atoms with E-state index in [4.69, 9.17) is 0 Å². The Morgan fingerprint density at radius 2 is 2.00 bits per heavy atom. The van der Waals surface area contributed by atoms with E-state index < -0.39 is 10.0 Å². The van der Waals surface area contributed by atoms with Crippen molar-refractivity contribution in [1.82, 2.24) is 14.9 Å². The van der Waals surface area contributed by atoms with Crippen LogP contribution < -0.4 is 10.0 Å². The summed E-state index contributed by atoms with van der Waals surface area (Å²) in [4.78, 5) is 2.58. The summed E-state index contributed by atoms with van der Waals surface area (Å²) in [6.45, 7) is 3.82. The maximum absolute atomic E-state index is 10.8. The van der Waals surface area contributed by atoms with Crippen molar-refractivity contribution in [3.8, 4) is 0 Å². The Balaban J connectivity index is 1.51. The van der Waals surface area contributed by atoms with Crippen molar-refractivity contribution in [2.45, 2.75) is 37.8 Å².